The number of Topliss-reactive ketones (excluding diaryl/α,β-unsaturated/α-hetero) is 3. The first-order chi connectivity index (χ1) is 16.4. The molecule has 0 bridgehead atoms. The number of esters is 2. The number of hydrogen-bond acceptors (Lipinski definition) is 10. The third-order valence-electron chi connectivity index (χ3n) is 4.39. The maximum Gasteiger partial charge on any atom is 0.450 e. The fraction of sp³-hybridized carbons (Fsp3) is 0.318. The molecule has 0 spiro atoms. The van der Waals surface area contributed by atoms with Crippen LogP contribution in [-0.2, 0) is 19.1 Å². The van der Waals surface area contributed by atoms with E-state index < -0.39 is 52.8 Å². The Bertz CT molecular complexity index is 1110. The van der Waals surface area contributed by atoms with Crippen LogP contribution in [0.3, 0.4) is 0 Å². The van der Waals surface area contributed by atoms with Crippen molar-refractivity contribution in [3.8, 4) is 5.75 Å². The fourth-order valence-corrected chi connectivity index (χ4v) is 3.18. The molecule has 0 aliphatic carbocycles. The van der Waals surface area contributed by atoms with E-state index in [1.807, 2.05) is 0 Å². The van der Waals surface area contributed by atoms with E-state index >= 15 is 0 Å². The number of rotatable bonds is 12. The second-order valence-electron chi connectivity index (χ2n) is 7.17. The predicted octanol–water partition coefficient (Wildman–Crippen LogP) is 3.55. The lowest BCUT2D eigenvalue weighted by atomic mass is 9.90. The number of nitrogens with zero attached hydrogens (tertiary/aromatic N) is 2. The first-order valence-corrected chi connectivity index (χ1v) is 10.9. The average Bonchev–Trinajstić information content (AvgIpc) is 3.34. The highest BCUT2D eigenvalue weighted by atomic mass is 32.1. The topological polar surface area (TPSA) is 130 Å². The Balaban J connectivity index is 1.98. The van der Waals surface area contributed by atoms with Crippen molar-refractivity contribution in [2.24, 2.45) is 5.92 Å². The molecule has 0 N–H and O–H groups in total. The molecule has 0 aliphatic heterocycles. The Hall–Kier alpha value is -3.74. The van der Waals surface area contributed by atoms with Crippen LogP contribution in [0.4, 0.5) is 13.2 Å². The molecule has 2 aromatic rings. The normalized spacial score (nSPS) is 11.9. The van der Waals surface area contributed by atoms with Gasteiger partial charge in [-0.3, -0.25) is 19.2 Å². The summed E-state index contributed by atoms with van der Waals surface area (Å²) in [7, 11) is 0. The zero-order chi connectivity index (χ0) is 26.2. The third kappa shape index (κ3) is 8.21. The van der Waals surface area contributed by atoms with E-state index in [-0.39, 0.29) is 36.3 Å². The molecule has 1 unspecified atom stereocenters. The molecule has 0 aliphatic rings. The van der Waals surface area contributed by atoms with Crippen molar-refractivity contribution in [2.75, 3.05) is 6.61 Å². The average molecular weight is 512 g/mol. The molecule has 9 nitrogen and oxygen atoms in total. The molecule has 1 aromatic heterocycles. The van der Waals surface area contributed by atoms with Crippen molar-refractivity contribution in [3.63, 3.8) is 0 Å². The van der Waals surface area contributed by atoms with Crippen LogP contribution < -0.4 is 4.74 Å². The van der Waals surface area contributed by atoms with Crippen molar-refractivity contribution >= 4 is 40.6 Å². The number of benzene rings is 1. The van der Waals surface area contributed by atoms with E-state index in [0.717, 1.165) is 5.51 Å². The van der Waals surface area contributed by atoms with Crippen molar-refractivity contribution in [1.29, 1.82) is 0 Å². The van der Waals surface area contributed by atoms with Crippen molar-refractivity contribution in [1.82, 2.24) is 10.2 Å². The Morgan fingerprint density at radius 1 is 1.11 bits per heavy atom. The van der Waals surface area contributed by atoms with E-state index in [1.54, 1.807) is 0 Å². The van der Waals surface area contributed by atoms with Crippen LogP contribution in [0.5, 0.6) is 5.75 Å². The Kier molecular flexibility index (Phi) is 9.51. The lowest BCUT2D eigenvalue weighted by molar-refractivity contribution is -0.173. The zero-order valence-corrected chi connectivity index (χ0v) is 19.1. The van der Waals surface area contributed by atoms with Gasteiger partial charge in [0.1, 0.15) is 17.2 Å². The van der Waals surface area contributed by atoms with Crippen LogP contribution in [0.1, 0.15) is 46.3 Å². The van der Waals surface area contributed by atoms with E-state index in [4.69, 9.17) is 9.47 Å². The summed E-state index contributed by atoms with van der Waals surface area (Å²) in [6.07, 6.45) is -6.23. The molecule has 35 heavy (non-hydrogen) atoms. The molecule has 0 amide bonds. The fourth-order valence-electron chi connectivity index (χ4n) is 2.63. The highest BCUT2D eigenvalue weighted by Crippen LogP contribution is 2.27. The van der Waals surface area contributed by atoms with Gasteiger partial charge in [0.25, 0.3) is 0 Å². The summed E-state index contributed by atoms with van der Waals surface area (Å²) in [6.45, 7) is 4.89. The molecule has 0 fully saturated rings. The summed E-state index contributed by atoms with van der Waals surface area (Å²) in [4.78, 5) is 59.8. The molecule has 0 radical (unpaired) electrons. The third-order valence-corrected chi connectivity index (χ3v) is 5.09. The van der Waals surface area contributed by atoms with Gasteiger partial charge in [0.15, 0.2) is 10.8 Å². The lowest BCUT2D eigenvalue weighted by Crippen LogP contribution is -2.36. The van der Waals surface area contributed by atoms with Gasteiger partial charge >= 0.3 is 18.1 Å². The van der Waals surface area contributed by atoms with Crippen LogP contribution in [0, 0.1) is 5.92 Å². The minimum absolute atomic E-state index is 0.0121. The van der Waals surface area contributed by atoms with Gasteiger partial charge < -0.3 is 9.47 Å². The number of aromatic nitrogens is 2. The number of ketones is 3. The Morgan fingerprint density at radius 3 is 2.31 bits per heavy atom. The van der Waals surface area contributed by atoms with Gasteiger partial charge in [0.2, 0.25) is 11.6 Å². The Morgan fingerprint density at radius 2 is 1.77 bits per heavy atom. The monoisotopic (exact) mass is 512 g/mol. The first-order valence-electron chi connectivity index (χ1n) is 9.98. The molecule has 1 atom stereocenters. The van der Waals surface area contributed by atoms with Gasteiger partial charge in [-0.15, -0.1) is 10.2 Å². The smallest absolute Gasteiger partial charge is 0.450 e. The first kappa shape index (κ1) is 27.5. The summed E-state index contributed by atoms with van der Waals surface area (Å²) < 4.78 is 48.9. The summed E-state index contributed by atoms with van der Waals surface area (Å²) in [5, 5.41) is 6.31. The standard InChI is InChI=1S/C22H19F3N2O7S/c1-12(2)21(32)33-9-3-4-17(29)34-14-7-5-13(6-8-14)16(28)10-15(19(31)22(23,24)25)18(30)20-27-26-11-35-20/h5-8,11,15H,1,3-4,9-10H2,2H3. The number of alkyl halides is 3. The van der Waals surface area contributed by atoms with Crippen LogP contribution in [0.25, 0.3) is 0 Å². The molecule has 2 rings (SSSR count). The maximum absolute atomic E-state index is 13.0. The second kappa shape index (κ2) is 12.1. The van der Waals surface area contributed by atoms with Gasteiger partial charge in [-0.05, 0) is 37.6 Å². The largest absolute Gasteiger partial charge is 0.462 e. The summed E-state index contributed by atoms with van der Waals surface area (Å²) >= 11 is 0.648. The minimum Gasteiger partial charge on any atom is -0.462 e. The van der Waals surface area contributed by atoms with Crippen molar-refractivity contribution in [3.05, 3.63) is 52.5 Å². The minimum atomic E-state index is -5.33. The van der Waals surface area contributed by atoms with E-state index in [9.17, 15) is 37.1 Å². The SMILES string of the molecule is C=C(C)C(=O)OCCCC(=O)Oc1ccc(C(=O)CC(C(=O)c2nncs2)C(=O)C(F)(F)F)cc1. The van der Waals surface area contributed by atoms with Gasteiger partial charge in [-0.25, -0.2) is 4.79 Å². The van der Waals surface area contributed by atoms with E-state index in [1.165, 1.54) is 31.2 Å². The number of hydrogen-bond donors (Lipinski definition) is 0. The molecular formula is C22H19F3N2O7S. The molecule has 1 aromatic carbocycles. The van der Waals surface area contributed by atoms with Crippen molar-refractivity contribution in [2.45, 2.75) is 32.4 Å². The number of carbonyl (C=O) groups excluding carboxylic acids is 5. The second-order valence-corrected chi connectivity index (χ2v) is 8.00. The summed E-state index contributed by atoms with van der Waals surface area (Å²) in [5.74, 6) is -7.97. The van der Waals surface area contributed by atoms with E-state index in [0.29, 0.717) is 11.3 Å². The van der Waals surface area contributed by atoms with Crippen LogP contribution in [0.2, 0.25) is 0 Å². The number of halogens is 3. The lowest BCUT2D eigenvalue weighted by Gasteiger charge is -2.14. The van der Waals surface area contributed by atoms with Crippen molar-refractivity contribution < 1.29 is 46.6 Å². The number of ether oxygens (including phenoxy) is 2. The number of carbonyl (C=O) groups is 5. The maximum atomic E-state index is 13.0. The molecule has 13 heteroatoms. The van der Waals surface area contributed by atoms with Gasteiger partial charge in [0.05, 0.1) is 6.61 Å². The Labute approximate surface area is 200 Å². The molecule has 186 valence electrons. The molecule has 0 saturated heterocycles. The zero-order valence-electron chi connectivity index (χ0n) is 18.3. The molecular weight excluding hydrogens is 493 g/mol. The van der Waals surface area contributed by atoms with Crippen LogP contribution >= 0.6 is 11.3 Å². The van der Waals surface area contributed by atoms with Gasteiger partial charge in [-0.2, -0.15) is 13.2 Å². The summed E-state index contributed by atoms with van der Waals surface area (Å²) in [5.41, 5.74) is 1.24. The van der Waals surface area contributed by atoms with Gasteiger partial charge in [-0.1, -0.05) is 17.9 Å². The van der Waals surface area contributed by atoms with Gasteiger partial charge in [0, 0.05) is 24.0 Å². The summed E-state index contributed by atoms with van der Waals surface area (Å²) in [6, 6.07) is 4.84. The van der Waals surface area contributed by atoms with Crippen LogP contribution in [0.15, 0.2) is 41.9 Å². The predicted molar refractivity (Wildman–Crippen MR) is 115 cm³/mol. The molecule has 1 heterocycles. The van der Waals surface area contributed by atoms with E-state index in [2.05, 4.69) is 16.8 Å². The molecule has 0 saturated carbocycles. The highest BCUT2D eigenvalue weighted by Gasteiger charge is 2.47. The van der Waals surface area contributed by atoms with Crippen LogP contribution in [-0.4, -0.2) is 52.3 Å². The quantitative estimate of drug-likeness (QED) is 0.105. The highest BCUT2D eigenvalue weighted by molar-refractivity contribution is 7.11.